The Hall–Kier alpha value is -0.570. The molecule has 1 amide bonds. The number of hydrogen-bond acceptors (Lipinski definition) is 2. The maximum absolute atomic E-state index is 11.5. The van der Waals surface area contributed by atoms with Gasteiger partial charge in [0.15, 0.2) is 0 Å². The van der Waals surface area contributed by atoms with Crippen LogP contribution in [0.15, 0.2) is 0 Å². The lowest BCUT2D eigenvalue weighted by Gasteiger charge is -2.15. The highest BCUT2D eigenvalue weighted by atomic mass is 16.3. The molecule has 0 spiro atoms. The lowest BCUT2D eigenvalue weighted by atomic mass is 10.0. The van der Waals surface area contributed by atoms with E-state index in [2.05, 4.69) is 13.8 Å². The molecule has 1 heterocycles. The molecule has 2 unspecified atom stereocenters. The Morgan fingerprint density at radius 3 is 2.38 bits per heavy atom. The van der Waals surface area contributed by atoms with E-state index in [-0.39, 0.29) is 12.5 Å². The summed E-state index contributed by atoms with van der Waals surface area (Å²) in [6, 6.07) is 0. The van der Waals surface area contributed by atoms with E-state index in [1.807, 2.05) is 4.90 Å². The Morgan fingerprint density at radius 2 is 1.92 bits per heavy atom. The topological polar surface area (TPSA) is 40.5 Å². The van der Waals surface area contributed by atoms with Gasteiger partial charge in [-0.3, -0.25) is 4.79 Å². The molecule has 1 rings (SSSR count). The van der Waals surface area contributed by atoms with Crippen LogP contribution in [0.5, 0.6) is 0 Å². The monoisotopic (exact) mass is 185 g/mol. The molecular formula is C10H19NO2. The van der Waals surface area contributed by atoms with E-state index in [4.69, 9.17) is 5.11 Å². The van der Waals surface area contributed by atoms with Crippen molar-refractivity contribution in [2.24, 2.45) is 11.8 Å². The van der Waals surface area contributed by atoms with Gasteiger partial charge in [-0.15, -0.1) is 0 Å². The molecule has 3 heteroatoms. The van der Waals surface area contributed by atoms with Crippen LogP contribution in [0.4, 0.5) is 0 Å². The number of nitrogens with zero attached hydrogens (tertiary/aromatic N) is 1. The largest absolute Gasteiger partial charge is 0.396 e. The molecular weight excluding hydrogens is 166 g/mol. The smallest absolute Gasteiger partial charge is 0.222 e. The van der Waals surface area contributed by atoms with Crippen molar-refractivity contribution in [3.63, 3.8) is 0 Å². The lowest BCUT2D eigenvalue weighted by Crippen LogP contribution is -2.28. The van der Waals surface area contributed by atoms with Gasteiger partial charge >= 0.3 is 0 Å². The lowest BCUT2D eigenvalue weighted by molar-refractivity contribution is -0.130. The Bertz CT molecular complexity index is 172. The maximum Gasteiger partial charge on any atom is 0.222 e. The number of carbonyl (C=O) groups is 1. The molecule has 13 heavy (non-hydrogen) atoms. The average Bonchev–Trinajstić information content (AvgIpc) is 2.43. The van der Waals surface area contributed by atoms with Gasteiger partial charge in [0.05, 0.1) is 0 Å². The van der Waals surface area contributed by atoms with Crippen molar-refractivity contribution in [2.45, 2.75) is 26.7 Å². The molecule has 0 bridgehead atoms. The molecule has 3 nitrogen and oxygen atoms in total. The molecule has 1 fully saturated rings. The summed E-state index contributed by atoms with van der Waals surface area (Å²) in [5, 5.41) is 8.59. The zero-order valence-electron chi connectivity index (χ0n) is 8.49. The summed E-state index contributed by atoms with van der Waals surface area (Å²) in [7, 11) is 0. The zero-order valence-corrected chi connectivity index (χ0v) is 8.49. The minimum atomic E-state index is 0.116. The molecule has 2 atom stereocenters. The van der Waals surface area contributed by atoms with Crippen molar-refractivity contribution in [1.82, 2.24) is 4.90 Å². The number of aliphatic hydroxyl groups excluding tert-OH is 1. The van der Waals surface area contributed by atoms with Crippen molar-refractivity contribution in [3.05, 3.63) is 0 Å². The van der Waals surface area contributed by atoms with E-state index in [0.717, 1.165) is 13.1 Å². The normalized spacial score (nSPS) is 28.1. The van der Waals surface area contributed by atoms with Crippen LogP contribution >= 0.6 is 0 Å². The average molecular weight is 185 g/mol. The predicted molar refractivity (Wildman–Crippen MR) is 51.2 cm³/mol. The highest BCUT2D eigenvalue weighted by Gasteiger charge is 2.28. The molecule has 0 radical (unpaired) electrons. The van der Waals surface area contributed by atoms with Crippen molar-refractivity contribution in [1.29, 1.82) is 0 Å². The summed E-state index contributed by atoms with van der Waals surface area (Å²) in [6.07, 6.45) is 1.09. The first-order valence-electron chi connectivity index (χ1n) is 5.03. The quantitative estimate of drug-likeness (QED) is 0.709. The van der Waals surface area contributed by atoms with Gasteiger partial charge in [-0.2, -0.15) is 0 Å². The number of aliphatic hydroxyl groups is 1. The summed E-state index contributed by atoms with van der Waals surface area (Å²) in [6.45, 7) is 6.27. The second kappa shape index (κ2) is 4.61. The van der Waals surface area contributed by atoms with Gasteiger partial charge in [0.25, 0.3) is 0 Å². The van der Waals surface area contributed by atoms with Crippen molar-refractivity contribution < 1.29 is 9.90 Å². The zero-order chi connectivity index (χ0) is 9.84. The van der Waals surface area contributed by atoms with E-state index < -0.39 is 0 Å². The predicted octanol–water partition coefficient (Wildman–Crippen LogP) is 0.873. The van der Waals surface area contributed by atoms with E-state index >= 15 is 0 Å². The Balaban J connectivity index is 2.33. The second-order valence-corrected chi connectivity index (χ2v) is 4.08. The fraction of sp³-hybridized carbons (Fsp3) is 0.900. The van der Waals surface area contributed by atoms with Gasteiger partial charge in [0, 0.05) is 26.1 Å². The fourth-order valence-electron chi connectivity index (χ4n) is 1.72. The van der Waals surface area contributed by atoms with E-state index in [1.54, 1.807) is 0 Å². The van der Waals surface area contributed by atoms with Crippen molar-refractivity contribution in [2.75, 3.05) is 19.7 Å². The minimum Gasteiger partial charge on any atom is -0.396 e. The number of carbonyl (C=O) groups excluding carboxylic acids is 1. The summed E-state index contributed by atoms with van der Waals surface area (Å²) in [5.41, 5.74) is 0. The standard InChI is InChI=1S/C10H19NO2/c1-8-6-11(7-9(8)2)10(13)4-3-5-12/h8-9,12H,3-7H2,1-2H3. The van der Waals surface area contributed by atoms with Crippen LogP contribution in [0.2, 0.25) is 0 Å². The van der Waals surface area contributed by atoms with Gasteiger partial charge in [-0.05, 0) is 18.3 Å². The third-order valence-corrected chi connectivity index (χ3v) is 2.89. The Morgan fingerprint density at radius 1 is 1.38 bits per heavy atom. The van der Waals surface area contributed by atoms with Gasteiger partial charge in [-0.1, -0.05) is 13.8 Å². The Kier molecular flexibility index (Phi) is 3.72. The number of likely N-dealkylation sites (tertiary alicyclic amines) is 1. The first-order chi connectivity index (χ1) is 6.15. The van der Waals surface area contributed by atoms with Crippen LogP contribution < -0.4 is 0 Å². The van der Waals surface area contributed by atoms with Crippen LogP contribution in [0.1, 0.15) is 26.7 Å². The Labute approximate surface area is 79.7 Å². The fourth-order valence-corrected chi connectivity index (χ4v) is 1.72. The maximum atomic E-state index is 11.5. The molecule has 0 saturated carbocycles. The van der Waals surface area contributed by atoms with E-state index in [1.165, 1.54) is 0 Å². The minimum absolute atomic E-state index is 0.116. The molecule has 1 saturated heterocycles. The molecule has 1 aliphatic rings. The van der Waals surface area contributed by atoms with Crippen molar-refractivity contribution >= 4 is 5.91 Å². The van der Waals surface area contributed by atoms with Gasteiger partial charge in [0.1, 0.15) is 0 Å². The molecule has 1 N–H and O–H groups in total. The van der Waals surface area contributed by atoms with Gasteiger partial charge < -0.3 is 10.0 Å². The molecule has 0 aromatic heterocycles. The van der Waals surface area contributed by atoms with Crippen LogP contribution in [0, 0.1) is 11.8 Å². The summed E-state index contributed by atoms with van der Waals surface area (Å²) in [5.74, 6) is 1.45. The van der Waals surface area contributed by atoms with Gasteiger partial charge in [0.2, 0.25) is 5.91 Å². The van der Waals surface area contributed by atoms with Crippen molar-refractivity contribution in [3.8, 4) is 0 Å². The molecule has 0 aliphatic carbocycles. The highest BCUT2D eigenvalue weighted by Crippen LogP contribution is 2.22. The van der Waals surface area contributed by atoms with Gasteiger partial charge in [-0.25, -0.2) is 0 Å². The highest BCUT2D eigenvalue weighted by molar-refractivity contribution is 5.76. The van der Waals surface area contributed by atoms with E-state index in [0.29, 0.717) is 24.7 Å². The van der Waals surface area contributed by atoms with Crippen LogP contribution in [0.25, 0.3) is 0 Å². The molecule has 1 aliphatic heterocycles. The first-order valence-corrected chi connectivity index (χ1v) is 5.03. The third-order valence-electron chi connectivity index (χ3n) is 2.89. The number of amides is 1. The molecule has 0 aromatic carbocycles. The molecule has 76 valence electrons. The van der Waals surface area contributed by atoms with Crippen LogP contribution in [-0.4, -0.2) is 35.6 Å². The first kappa shape index (κ1) is 10.5. The van der Waals surface area contributed by atoms with Crippen LogP contribution in [0.3, 0.4) is 0 Å². The van der Waals surface area contributed by atoms with E-state index in [9.17, 15) is 4.79 Å². The number of rotatable bonds is 3. The molecule has 0 aromatic rings. The second-order valence-electron chi connectivity index (χ2n) is 4.08. The number of hydrogen-bond donors (Lipinski definition) is 1. The summed E-state index contributed by atoms with van der Waals surface area (Å²) < 4.78 is 0. The SMILES string of the molecule is CC1CN(C(=O)CCCO)CC1C. The van der Waals surface area contributed by atoms with Crippen LogP contribution in [-0.2, 0) is 4.79 Å². The summed E-state index contributed by atoms with van der Waals surface area (Å²) in [4.78, 5) is 13.4. The third kappa shape index (κ3) is 2.69. The summed E-state index contributed by atoms with van der Waals surface area (Å²) >= 11 is 0.